The van der Waals surface area contributed by atoms with Crippen LogP contribution >= 0.6 is 0 Å². The maximum Gasteiger partial charge on any atom is 0.340 e. The smallest absolute Gasteiger partial charge is 0.340 e. The summed E-state index contributed by atoms with van der Waals surface area (Å²) in [4.78, 5) is 28.0. The van der Waals surface area contributed by atoms with Gasteiger partial charge in [-0.05, 0) is 42.1 Å². The quantitative estimate of drug-likeness (QED) is 0.275. The van der Waals surface area contributed by atoms with E-state index in [9.17, 15) is 9.59 Å². The van der Waals surface area contributed by atoms with Crippen LogP contribution in [0.5, 0.6) is 11.5 Å². The molecule has 0 saturated carbocycles. The second kappa shape index (κ2) is 9.67. The van der Waals surface area contributed by atoms with Gasteiger partial charge in [0, 0.05) is 11.1 Å². The minimum absolute atomic E-state index is 0.228. The summed E-state index contributed by atoms with van der Waals surface area (Å²) in [5.74, 6) is 0.186. The lowest BCUT2D eigenvalue weighted by Crippen LogP contribution is -2.24. The maximum absolute atomic E-state index is 13.7. The largest absolute Gasteiger partial charge is 0.493 e. The summed E-state index contributed by atoms with van der Waals surface area (Å²) < 4.78 is 16.1. The van der Waals surface area contributed by atoms with Gasteiger partial charge in [0.15, 0.2) is 11.5 Å². The molecular formula is C28H25NO5. The minimum atomic E-state index is -0.572. The van der Waals surface area contributed by atoms with Gasteiger partial charge in [-0.1, -0.05) is 55.1 Å². The van der Waals surface area contributed by atoms with Crippen molar-refractivity contribution in [2.24, 2.45) is 0 Å². The van der Waals surface area contributed by atoms with Crippen LogP contribution in [0.1, 0.15) is 12.5 Å². The Balaban J connectivity index is 1.83. The topological polar surface area (TPSA) is 65.1 Å². The molecule has 3 aromatic carbocycles. The fourth-order valence-electron chi connectivity index (χ4n) is 4.08. The van der Waals surface area contributed by atoms with Crippen molar-refractivity contribution in [1.29, 1.82) is 0 Å². The lowest BCUT2D eigenvalue weighted by Gasteiger charge is -2.20. The van der Waals surface area contributed by atoms with Crippen molar-refractivity contribution in [2.75, 3.05) is 25.7 Å². The molecule has 1 amide bonds. The van der Waals surface area contributed by atoms with E-state index in [0.717, 1.165) is 10.8 Å². The molecule has 0 unspecified atom stereocenters. The van der Waals surface area contributed by atoms with E-state index >= 15 is 0 Å². The van der Waals surface area contributed by atoms with Crippen LogP contribution in [-0.4, -0.2) is 32.7 Å². The standard InChI is InChI=1S/C28H25NO5/c1-5-15-34-24-14-13-19(17-25(24)32-3)16-22-26(28(31)33-4)18(2)29(27(22)30)23-12-8-10-20-9-6-7-11-21(20)23/h5-14,16-17H,1,15H2,2-4H3. The Morgan fingerprint density at radius 3 is 2.53 bits per heavy atom. The van der Waals surface area contributed by atoms with Gasteiger partial charge in [0.1, 0.15) is 6.61 Å². The normalized spacial score (nSPS) is 14.6. The van der Waals surface area contributed by atoms with Gasteiger partial charge in [0.2, 0.25) is 0 Å². The molecule has 1 heterocycles. The summed E-state index contributed by atoms with van der Waals surface area (Å²) in [6, 6.07) is 18.9. The van der Waals surface area contributed by atoms with Crippen LogP contribution < -0.4 is 14.4 Å². The highest BCUT2D eigenvalue weighted by Crippen LogP contribution is 2.39. The lowest BCUT2D eigenvalue weighted by atomic mass is 10.0. The van der Waals surface area contributed by atoms with Crippen LogP contribution in [0.4, 0.5) is 5.69 Å². The molecule has 0 atom stereocenters. The van der Waals surface area contributed by atoms with Gasteiger partial charge in [-0.15, -0.1) is 0 Å². The Hall–Kier alpha value is -4.32. The van der Waals surface area contributed by atoms with Crippen LogP contribution in [0.25, 0.3) is 16.8 Å². The summed E-state index contributed by atoms with van der Waals surface area (Å²) in [6.07, 6.45) is 3.31. The van der Waals surface area contributed by atoms with Gasteiger partial charge >= 0.3 is 5.97 Å². The number of anilines is 1. The van der Waals surface area contributed by atoms with Gasteiger partial charge in [0.05, 0.1) is 31.1 Å². The molecule has 4 rings (SSSR count). The number of esters is 1. The average Bonchev–Trinajstić information content (AvgIpc) is 3.11. The Morgan fingerprint density at radius 2 is 1.79 bits per heavy atom. The molecule has 3 aromatic rings. The first-order valence-electron chi connectivity index (χ1n) is 10.7. The Labute approximate surface area is 198 Å². The molecule has 0 aliphatic carbocycles. The van der Waals surface area contributed by atoms with Crippen LogP contribution in [-0.2, 0) is 14.3 Å². The highest BCUT2D eigenvalue weighted by Gasteiger charge is 2.38. The number of methoxy groups -OCH3 is 2. The first kappa shape index (κ1) is 22.9. The van der Waals surface area contributed by atoms with Crippen molar-refractivity contribution in [3.05, 3.63) is 95.7 Å². The van der Waals surface area contributed by atoms with Gasteiger partial charge in [-0.25, -0.2) is 4.79 Å². The molecule has 0 aromatic heterocycles. The number of rotatable bonds is 7. The number of hydrogen-bond acceptors (Lipinski definition) is 5. The third-order valence-electron chi connectivity index (χ3n) is 5.65. The summed E-state index contributed by atoms with van der Waals surface area (Å²) in [7, 11) is 2.85. The third-order valence-corrected chi connectivity index (χ3v) is 5.65. The van der Waals surface area contributed by atoms with E-state index in [2.05, 4.69) is 6.58 Å². The fraction of sp³-hybridized carbons (Fsp3) is 0.143. The number of carbonyl (C=O) groups is 2. The second-order valence-corrected chi connectivity index (χ2v) is 7.66. The molecular weight excluding hydrogens is 430 g/mol. The molecule has 1 aliphatic heterocycles. The van der Waals surface area contributed by atoms with Gasteiger partial charge < -0.3 is 14.2 Å². The molecule has 34 heavy (non-hydrogen) atoms. The number of carbonyl (C=O) groups excluding carboxylic acids is 2. The van der Waals surface area contributed by atoms with Crippen LogP contribution in [0.2, 0.25) is 0 Å². The second-order valence-electron chi connectivity index (χ2n) is 7.66. The highest BCUT2D eigenvalue weighted by atomic mass is 16.5. The summed E-state index contributed by atoms with van der Waals surface area (Å²) in [6.45, 7) is 5.74. The number of fused-ring (bicyclic) bond motifs is 1. The average molecular weight is 456 g/mol. The molecule has 0 radical (unpaired) electrons. The molecule has 0 fully saturated rings. The minimum Gasteiger partial charge on any atom is -0.493 e. The number of nitrogens with zero attached hydrogens (tertiary/aromatic N) is 1. The Morgan fingerprint density at radius 1 is 1.03 bits per heavy atom. The SMILES string of the molecule is C=CCOc1ccc(C=C2C(=O)N(c3cccc4ccccc34)C(C)=C2C(=O)OC)cc1OC. The zero-order valence-corrected chi connectivity index (χ0v) is 19.3. The van der Waals surface area contributed by atoms with E-state index in [1.54, 1.807) is 49.3 Å². The Kier molecular flexibility index (Phi) is 6.50. The molecule has 6 nitrogen and oxygen atoms in total. The highest BCUT2D eigenvalue weighted by molar-refractivity contribution is 6.25. The van der Waals surface area contributed by atoms with E-state index in [1.165, 1.54) is 7.11 Å². The van der Waals surface area contributed by atoms with Crippen molar-refractivity contribution >= 4 is 34.4 Å². The van der Waals surface area contributed by atoms with E-state index in [-0.39, 0.29) is 17.1 Å². The number of benzene rings is 3. The van der Waals surface area contributed by atoms with Crippen molar-refractivity contribution in [1.82, 2.24) is 0 Å². The van der Waals surface area contributed by atoms with Gasteiger partial charge in [-0.2, -0.15) is 0 Å². The van der Waals surface area contributed by atoms with Crippen molar-refractivity contribution < 1.29 is 23.8 Å². The van der Waals surface area contributed by atoms with Crippen LogP contribution in [0.15, 0.2) is 90.2 Å². The maximum atomic E-state index is 13.7. The van der Waals surface area contributed by atoms with E-state index in [1.807, 2.05) is 42.5 Å². The monoisotopic (exact) mass is 455 g/mol. The number of hydrogen-bond donors (Lipinski definition) is 0. The molecule has 1 aliphatic rings. The molecule has 0 spiro atoms. The molecule has 0 bridgehead atoms. The number of ether oxygens (including phenoxy) is 3. The molecule has 0 N–H and O–H groups in total. The molecule has 172 valence electrons. The zero-order valence-electron chi connectivity index (χ0n) is 19.3. The summed E-state index contributed by atoms with van der Waals surface area (Å²) in [5, 5.41) is 1.91. The predicted octanol–water partition coefficient (Wildman–Crippen LogP) is 5.29. The first-order valence-corrected chi connectivity index (χ1v) is 10.7. The van der Waals surface area contributed by atoms with E-state index in [0.29, 0.717) is 35.1 Å². The third kappa shape index (κ3) is 4.06. The summed E-state index contributed by atoms with van der Waals surface area (Å²) in [5.41, 5.74) is 2.37. The number of allylic oxidation sites excluding steroid dienone is 1. The zero-order chi connectivity index (χ0) is 24.2. The Bertz CT molecular complexity index is 1350. The fourth-order valence-corrected chi connectivity index (χ4v) is 4.08. The predicted molar refractivity (Wildman–Crippen MR) is 133 cm³/mol. The van der Waals surface area contributed by atoms with Crippen molar-refractivity contribution in [2.45, 2.75) is 6.92 Å². The van der Waals surface area contributed by atoms with Crippen LogP contribution in [0.3, 0.4) is 0 Å². The van der Waals surface area contributed by atoms with Gasteiger partial charge in [0.25, 0.3) is 5.91 Å². The van der Waals surface area contributed by atoms with E-state index < -0.39 is 5.97 Å². The van der Waals surface area contributed by atoms with Crippen molar-refractivity contribution in [3.63, 3.8) is 0 Å². The summed E-state index contributed by atoms with van der Waals surface area (Å²) >= 11 is 0. The molecule has 6 heteroatoms. The first-order chi connectivity index (χ1) is 16.5. The lowest BCUT2D eigenvalue weighted by molar-refractivity contribution is -0.136. The van der Waals surface area contributed by atoms with Gasteiger partial charge in [-0.3, -0.25) is 9.69 Å². The number of amides is 1. The van der Waals surface area contributed by atoms with E-state index in [4.69, 9.17) is 14.2 Å². The van der Waals surface area contributed by atoms with Crippen LogP contribution in [0, 0.1) is 0 Å². The van der Waals surface area contributed by atoms with Crippen molar-refractivity contribution in [3.8, 4) is 11.5 Å². The molecule has 0 saturated heterocycles.